The number of pyridine rings is 1. The number of carbonyl (C=O) groups is 2. The maximum absolute atomic E-state index is 12.4. The number of piperidine rings is 1. The molecule has 7 nitrogen and oxygen atoms in total. The van der Waals surface area contributed by atoms with Crippen molar-refractivity contribution in [2.75, 3.05) is 25.0 Å². The van der Waals surface area contributed by atoms with Crippen LogP contribution in [0.15, 0.2) is 30.3 Å². The fraction of sp³-hybridized carbons (Fsp3) is 0.421. The van der Waals surface area contributed by atoms with Crippen molar-refractivity contribution in [1.29, 1.82) is 0 Å². The number of hydrogen-bond acceptors (Lipinski definition) is 4. The van der Waals surface area contributed by atoms with E-state index in [2.05, 4.69) is 15.6 Å². The van der Waals surface area contributed by atoms with Gasteiger partial charge in [0.05, 0.1) is 17.8 Å². The number of anilines is 1. The molecule has 0 saturated carbocycles. The first-order valence-corrected chi connectivity index (χ1v) is 8.92. The SMILES string of the molecule is CCOC(=O)N1CCC(NC(=O)Nc2cccc3nc(C)ccc23)CC1. The number of ether oxygens (including phenoxy) is 1. The Morgan fingerprint density at radius 2 is 2.00 bits per heavy atom. The first-order valence-electron chi connectivity index (χ1n) is 8.92. The van der Waals surface area contributed by atoms with Gasteiger partial charge in [-0.05, 0) is 51.0 Å². The first-order chi connectivity index (χ1) is 12.6. The van der Waals surface area contributed by atoms with Crippen LogP contribution in [0.1, 0.15) is 25.5 Å². The van der Waals surface area contributed by atoms with Crippen molar-refractivity contribution in [3.8, 4) is 0 Å². The molecule has 3 rings (SSSR count). The van der Waals surface area contributed by atoms with Crippen molar-refractivity contribution < 1.29 is 14.3 Å². The summed E-state index contributed by atoms with van der Waals surface area (Å²) in [4.78, 5) is 30.2. The molecule has 0 unspecified atom stereocenters. The number of hydrogen-bond donors (Lipinski definition) is 2. The minimum absolute atomic E-state index is 0.0380. The molecule has 1 aromatic heterocycles. The molecule has 2 heterocycles. The Bertz CT molecular complexity index is 800. The van der Waals surface area contributed by atoms with E-state index in [0.717, 1.165) is 22.3 Å². The number of aryl methyl sites for hydroxylation is 1. The molecule has 0 atom stereocenters. The first kappa shape index (κ1) is 18.0. The van der Waals surface area contributed by atoms with Crippen molar-refractivity contribution in [3.63, 3.8) is 0 Å². The van der Waals surface area contributed by atoms with E-state index in [1.165, 1.54) is 0 Å². The summed E-state index contributed by atoms with van der Waals surface area (Å²) in [6, 6.07) is 9.35. The summed E-state index contributed by atoms with van der Waals surface area (Å²) in [5.41, 5.74) is 2.52. The number of benzene rings is 1. The second-order valence-corrected chi connectivity index (χ2v) is 6.38. The Balaban J connectivity index is 1.56. The number of nitrogens with one attached hydrogen (secondary N) is 2. The lowest BCUT2D eigenvalue weighted by atomic mass is 10.1. The average Bonchev–Trinajstić information content (AvgIpc) is 2.62. The van der Waals surface area contributed by atoms with Gasteiger partial charge in [-0.2, -0.15) is 0 Å². The van der Waals surface area contributed by atoms with Crippen molar-refractivity contribution in [3.05, 3.63) is 36.0 Å². The standard InChI is InChI=1S/C19H24N4O3/c1-3-26-19(25)23-11-9-14(10-12-23)21-18(24)22-17-6-4-5-16-15(17)8-7-13(2)20-16/h4-8,14H,3,9-12H2,1-2H3,(H2,21,22,24). The van der Waals surface area contributed by atoms with Crippen LogP contribution in [-0.2, 0) is 4.74 Å². The number of rotatable bonds is 3. The molecule has 2 aromatic rings. The van der Waals surface area contributed by atoms with Gasteiger partial charge in [0.25, 0.3) is 0 Å². The van der Waals surface area contributed by atoms with Crippen molar-refractivity contribution in [2.24, 2.45) is 0 Å². The van der Waals surface area contributed by atoms with Gasteiger partial charge >= 0.3 is 12.1 Å². The summed E-state index contributed by atoms with van der Waals surface area (Å²) < 4.78 is 5.01. The largest absolute Gasteiger partial charge is 0.450 e. The highest BCUT2D eigenvalue weighted by molar-refractivity contribution is 6.00. The van der Waals surface area contributed by atoms with Gasteiger partial charge in [-0.25, -0.2) is 9.59 Å². The van der Waals surface area contributed by atoms with Gasteiger partial charge in [0.15, 0.2) is 0 Å². The molecule has 1 aliphatic heterocycles. The summed E-state index contributed by atoms with van der Waals surface area (Å²) in [7, 11) is 0. The van der Waals surface area contributed by atoms with Gasteiger partial charge in [-0.15, -0.1) is 0 Å². The molecule has 1 aromatic carbocycles. The van der Waals surface area contributed by atoms with E-state index >= 15 is 0 Å². The second kappa shape index (κ2) is 8.03. The monoisotopic (exact) mass is 356 g/mol. The summed E-state index contributed by atoms with van der Waals surface area (Å²) >= 11 is 0. The molecule has 26 heavy (non-hydrogen) atoms. The normalized spacial score (nSPS) is 14.9. The number of nitrogens with zero attached hydrogens (tertiary/aromatic N) is 2. The Morgan fingerprint density at radius 1 is 1.23 bits per heavy atom. The molecule has 0 radical (unpaired) electrons. The molecule has 1 saturated heterocycles. The molecular formula is C19H24N4O3. The second-order valence-electron chi connectivity index (χ2n) is 6.38. The fourth-order valence-electron chi connectivity index (χ4n) is 3.13. The molecular weight excluding hydrogens is 332 g/mol. The zero-order chi connectivity index (χ0) is 18.5. The van der Waals surface area contributed by atoms with Crippen molar-refractivity contribution in [1.82, 2.24) is 15.2 Å². The third kappa shape index (κ3) is 4.22. The quantitative estimate of drug-likeness (QED) is 0.884. The summed E-state index contributed by atoms with van der Waals surface area (Å²) in [6.07, 6.45) is 1.14. The van der Waals surface area contributed by atoms with Crippen LogP contribution in [0, 0.1) is 6.92 Å². The molecule has 138 valence electrons. The number of amides is 3. The Hall–Kier alpha value is -2.83. The van der Waals surface area contributed by atoms with E-state index in [1.54, 1.807) is 11.8 Å². The van der Waals surface area contributed by atoms with Gasteiger partial charge in [0.2, 0.25) is 0 Å². The highest BCUT2D eigenvalue weighted by atomic mass is 16.6. The lowest BCUT2D eigenvalue weighted by Gasteiger charge is -2.31. The van der Waals surface area contributed by atoms with E-state index in [1.807, 2.05) is 37.3 Å². The fourth-order valence-corrected chi connectivity index (χ4v) is 3.13. The third-order valence-electron chi connectivity index (χ3n) is 4.48. The van der Waals surface area contributed by atoms with Gasteiger partial charge < -0.3 is 20.3 Å². The van der Waals surface area contributed by atoms with Gasteiger partial charge in [0, 0.05) is 30.2 Å². The predicted molar refractivity (Wildman–Crippen MR) is 100 cm³/mol. The van der Waals surface area contributed by atoms with Crippen LogP contribution in [0.3, 0.4) is 0 Å². The molecule has 1 fully saturated rings. The minimum Gasteiger partial charge on any atom is -0.450 e. The molecule has 1 aliphatic rings. The minimum atomic E-state index is -0.283. The van der Waals surface area contributed by atoms with Crippen LogP contribution in [-0.4, -0.2) is 47.7 Å². The van der Waals surface area contributed by atoms with Gasteiger partial charge in [-0.3, -0.25) is 4.98 Å². The van der Waals surface area contributed by atoms with Crippen LogP contribution >= 0.6 is 0 Å². The molecule has 0 spiro atoms. The highest BCUT2D eigenvalue weighted by Gasteiger charge is 2.24. The van der Waals surface area contributed by atoms with Crippen LogP contribution in [0.25, 0.3) is 10.9 Å². The van der Waals surface area contributed by atoms with Crippen LogP contribution in [0.5, 0.6) is 0 Å². The number of aromatic nitrogens is 1. The predicted octanol–water partition coefficient (Wildman–Crippen LogP) is 3.29. The molecule has 0 bridgehead atoms. The van der Waals surface area contributed by atoms with Crippen LogP contribution in [0.4, 0.5) is 15.3 Å². The molecule has 2 N–H and O–H groups in total. The zero-order valence-electron chi connectivity index (χ0n) is 15.1. The Kier molecular flexibility index (Phi) is 5.55. The Morgan fingerprint density at radius 3 is 2.73 bits per heavy atom. The molecule has 3 amide bonds. The molecule has 7 heteroatoms. The van der Waals surface area contributed by atoms with Crippen molar-refractivity contribution >= 4 is 28.7 Å². The highest BCUT2D eigenvalue weighted by Crippen LogP contribution is 2.22. The van der Waals surface area contributed by atoms with Crippen molar-refractivity contribution in [2.45, 2.75) is 32.7 Å². The van der Waals surface area contributed by atoms with E-state index in [4.69, 9.17) is 4.74 Å². The lowest BCUT2D eigenvalue weighted by molar-refractivity contribution is 0.0959. The summed E-state index contributed by atoms with van der Waals surface area (Å²) in [6.45, 7) is 5.27. The van der Waals surface area contributed by atoms with Gasteiger partial charge in [-0.1, -0.05) is 6.07 Å². The smallest absolute Gasteiger partial charge is 0.409 e. The summed E-state index contributed by atoms with van der Waals surface area (Å²) in [5, 5.41) is 6.80. The van der Waals surface area contributed by atoms with E-state index in [-0.39, 0.29) is 18.2 Å². The molecule has 0 aliphatic carbocycles. The zero-order valence-corrected chi connectivity index (χ0v) is 15.1. The van der Waals surface area contributed by atoms with Gasteiger partial charge in [0.1, 0.15) is 0 Å². The van der Waals surface area contributed by atoms with E-state index < -0.39 is 0 Å². The lowest BCUT2D eigenvalue weighted by Crippen LogP contribution is -2.47. The number of likely N-dealkylation sites (tertiary alicyclic amines) is 1. The summed E-state index contributed by atoms with van der Waals surface area (Å²) in [5.74, 6) is 0. The van der Waals surface area contributed by atoms with E-state index in [9.17, 15) is 9.59 Å². The third-order valence-corrected chi connectivity index (χ3v) is 4.48. The average molecular weight is 356 g/mol. The maximum atomic E-state index is 12.4. The number of fused-ring (bicyclic) bond motifs is 1. The number of carbonyl (C=O) groups excluding carboxylic acids is 2. The van der Waals surface area contributed by atoms with E-state index in [0.29, 0.717) is 32.5 Å². The maximum Gasteiger partial charge on any atom is 0.409 e. The Labute approximate surface area is 152 Å². The van der Waals surface area contributed by atoms with Crippen LogP contribution in [0.2, 0.25) is 0 Å². The topological polar surface area (TPSA) is 83.6 Å². The van der Waals surface area contributed by atoms with Crippen LogP contribution < -0.4 is 10.6 Å². The number of urea groups is 1.